The summed E-state index contributed by atoms with van der Waals surface area (Å²) < 4.78 is 5.08. The van der Waals surface area contributed by atoms with E-state index in [-0.39, 0.29) is 0 Å². The standard InChI is InChI=1S/3C4H9.C2H4.Sn.H/c3*1-3-4-2;1-2;;/h3*1,3-4H2,2H3;1-2H2;;. The van der Waals surface area contributed by atoms with E-state index in [9.17, 15) is 0 Å². The van der Waals surface area contributed by atoms with Crippen LogP contribution in [0.25, 0.3) is 0 Å². The van der Waals surface area contributed by atoms with Crippen molar-refractivity contribution in [2.24, 2.45) is 0 Å². The third-order valence-electron chi connectivity index (χ3n) is 2.90. The molecule has 1 heteroatoms. The average Bonchev–Trinajstić information content (AvgIpc) is 2.31. The Bertz CT molecular complexity index is 82.5. The van der Waals surface area contributed by atoms with Crippen molar-refractivity contribution in [3.63, 3.8) is 0 Å². The van der Waals surface area contributed by atoms with E-state index in [1.165, 1.54) is 38.5 Å². The van der Waals surface area contributed by atoms with Crippen LogP contribution in [0.5, 0.6) is 0 Å². The van der Waals surface area contributed by atoms with E-state index in [0.29, 0.717) is 0 Å². The molecule has 0 aliphatic rings. The summed E-state index contributed by atoms with van der Waals surface area (Å²) in [5, 5.41) is 0. The van der Waals surface area contributed by atoms with Gasteiger partial charge in [0.25, 0.3) is 0 Å². The fourth-order valence-electron chi connectivity index (χ4n) is 1.91. The Morgan fingerprint density at radius 3 is 1.13 bits per heavy atom. The van der Waals surface area contributed by atoms with Gasteiger partial charge in [-0.15, -0.1) is 13.2 Å². The first-order chi connectivity index (χ1) is 7.35. The van der Waals surface area contributed by atoms with Crippen LogP contribution in [0.1, 0.15) is 59.3 Å². The molecule has 0 amide bonds. The molecule has 0 N–H and O–H groups in total. The summed E-state index contributed by atoms with van der Waals surface area (Å²) in [5.41, 5.74) is 0. The van der Waals surface area contributed by atoms with Gasteiger partial charge in [0.1, 0.15) is 0 Å². The van der Waals surface area contributed by atoms with Gasteiger partial charge < -0.3 is 0 Å². The van der Waals surface area contributed by atoms with Crippen molar-refractivity contribution >= 4 is 19.8 Å². The normalized spacial score (nSPS) is 9.87. The van der Waals surface area contributed by atoms with Crippen LogP contribution >= 0.6 is 0 Å². The number of unbranched alkanes of at least 4 members (excludes halogenated alkanes) is 3. The van der Waals surface area contributed by atoms with Crippen LogP contribution in [0.3, 0.4) is 0 Å². The van der Waals surface area contributed by atoms with Crippen molar-refractivity contribution in [2.75, 3.05) is 0 Å². The van der Waals surface area contributed by atoms with Gasteiger partial charge in [-0.05, 0) is 0 Å². The second kappa shape index (κ2) is 17.0. The van der Waals surface area contributed by atoms with Crippen LogP contribution < -0.4 is 0 Å². The molecule has 0 atom stereocenters. The molecular weight excluding hydrogens is 287 g/mol. The molecule has 0 saturated carbocycles. The SMILES string of the molecule is C=C.CCC[CH2][SnH]([CH2]CCC)[CH2]CCC. The Labute approximate surface area is 105 Å². The van der Waals surface area contributed by atoms with Crippen LogP contribution in [0.15, 0.2) is 13.2 Å². The molecule has 0 aromatic carbocycles. The third-order valence-corrected chi connectivity index (χ3v) is 13.4. The van der Waals surface area contributed by atoms with Crippen LogP contribution in [-0.2, 0) is 0 Å². The molecule has 0 bridgehead atoms. The molecular formula is C14H32Sn. The monoisotopic (exact) mass is 320 g/mol. The molecule has 0 aliphatic carbocycles. The molecule has 0 fully saturated rings. The molecule has 0 heterocycles. The van der Waals surface area contributed by atoms with Crippen LogP contribution in [0.4, 0.5) is 0 Å². The summed E-state index contributed by atoms with van der Waals surface area (Å²) in [6.07, 6.45) is 8.87. The van der Waals surface area contributed by atoms with E-state index < -0.39 is 19.8 Å². The van der Waals surface area contributed by atoms with Gasteiger partial charge in [-0.3, -0.25) is 0 Å². The van der Waals surface area contributed by atoms with Crippen LogP contribution in [0, 0.1) is 0 Å². The van der Waals surface area contributed by atoms with Crippen LogP contribution in [0.2, 0.25) is 13.3 Å². The van der Waals surface area contributed by atoms with E-state index >= 15 is 0 Å². The molecule has 92 valence electrons. The Kier molecular flexibility index (Phi) is 20.2. The van der Waals surface area contributed by atoms with Crippen molar-refractivity contribution in [2.45, 2.75) is 72.6 Å². The number of hydrogen-bond donors (Lipinski definition) is 0. The van der Waals surface area contributed by atoms with Crippen LogP contribution in [-0.4, -0.2) is 19.8 Å². The summed E-state index contributed by atoms with van der Waals surface area (Å²) in [6, 6.07) is 0. The van der Waals surface area contributed by atoms with Gasteiger partial charge in [-0.1, -0.05) is 0 Å². The van der Waals surface area contributed by atoms with Crippen molar-refractivity contribution < 1.29 is 0 Å². The van der Waals surface area contributed by atoms with Gasteiger partial charge in [0, 0.05) is 0 Å². The second-order valence-electron chi connectivity index (χ2n) is 4.29. The maximum atomic E-state index is 3.00. The summed E-state index contributed by atoms with van der Waals surface area (Å²) in [5.74, 6) is 0. The van der Waals surface area contributed by atoms with Gasteiger partial charge in [0.05, 0.1) is 0 Å². The van der Waals surface area contributed by atoms with Gasteiger partial charge in [-0.25, -0.2) is 0 Å². The number of rotatable bonds is 9. The zero-order valence-electron chi connectivity index (χ0n) is 11.4. The van der Waals surface area contributed by atoms with Crippen molar-refractivity contribution in [3.05, 3.63) is 13.2 Å². The summed E-state index contributed by atoms with van der Waals surface area (Å²) in [7, 11) is 0. The number of hydrogen-bond acceptors (Lipinski definition) is 0. The predicted molar refractivity (Wildman–Crippen MR) is 77.5 cm³/mol. The van der Waals surface area contributed by atoms with Crippen molar-refractivity contribution in [1.82, 2.24) is 0 Å². The van der Waals surface area contributed by atoms with E-state index in [1.54, 1.807) is 13.3 Å². The van der Waals surface area contributed by atoms with Gasteiger partial charge in [0.2, 0.25) is 0 Å². The topological polar surface area (TPSA) is 0 Å². The van der Waals surface area contributed by atoms with E-state index in [2.05, 4.69) is 33.9 Å². The maximum absolute atomic E-state index is 3.00. The van der Waals surface area contributed by atoms with E-state index in [4.69, 9.17) is 0 Å². The predicted octanol–water partition coefficient (Wildman–Crippen LogP) is 5.42. The Morgan fingerprint density at radius 2 is 0.933 bits per heavy atom. The molecule has 0 aromatic heterocycles. The fraction of sp³-hybridized carbons (Fsp3) is 0.857. The zero-order valence-corrected chi connectivity index (χ0v) is 14.7. The molecule has 15 heavy (non-hydrogen) atoms. The molecule has 0 rings (SSSR count). The first kappa shape index (κ1) is 17.9. The Balaban J connectivity index is 0. The quantitative estimate of drug-likeness (QED) is 0.393. The summed E-state index contributed by atoms with van der Waals surface area (Å²) >= 11 is -0.967. The first-order valence-corrected chi connectivity index (χ1v) is 13.8. The van der Waals surface area contributed by atoms with Crippen molar-refractivity contribution in [3.8, 4) is 0 Å². The minimum atomic E-state index is -0.967. The average molecular weight is 319 g/mol. The van der Waals surface area contributed by atoms with Gasteiger partial charge in [0.15, 0.2) is 0 Å². The second-order valence-corrected chi connectivity index (χ2v) is 14.2. The molecule has 0 spiro atoms. The zero-order chi connectivity index (χ0) is 11.9. The molecule has 0 saturated heterocycles. The van der Waals surface area contributed by atoms with E-state index in [1.807, 2.05) is 0 Å². The third kappa shape index (κ3) is 14.5. The Hall–Kier alpha value is 0.539. The Morgan fingerprint density at radius 1 is 0.667 bits per heavy atom. The molecule has 0 unspecified atom stereocenters. The molecule has 0 nitrogen and oxygen atoms in total. The van der Waals surface area contributed by atoms with Gasteiger partial charge >= 0.3 is 92.4 Å². The van der Waals surface area contributed by atoms with Crippen molar-refractivity contribution in [1.29, 1.82) is 0 Å². The summed E-state index contributed by atoms with van der Waals surface area (Å²) in [4.78, 5) is 0. The minimum absolute atomic E-state index is 0.967. The summed E-state index contributed by atoms with van der Waals surface area (Å²) in [6.45, 7) is 13.0. The molecule has 0 aliphatic heterocycles. The fourth-order valence-corrected chi connectivity index (χ4v) is 12.8. The first-order valence-electron chi connectivity index (χ1n) is 6.85. The van der Waals surface area contributed by atoms with Gasteiger partial charge in [-0.2, -0.15) is 0 Å². The molecule has 0 radical (unpaired) electrons. The molecule has 0 aromatic rings. The van der Waals surface area contributed by atoms with E-state index in [0.717, 1.165) is 0 Å².